The molecule has 8 heteroatoms. The second kappa shape index (κ2) is 8.76. The number of furan rings is 1. The number of thiophene rings is 1. The van der Waals surface area contributed by atoms with Gasteiger partial charge in [0.2, 0.25) is 11.8 Å². The largest absolute Gasteiger partial charge is 0.465 e. The van der Waals surface area contributed by atoms with Crippen LogP contribution in [0.1, 0.15) is 27.3 Å². The molecule has 0 unspecified atom stereocenters. The summed E-state index contributed by atoms with van der Waals surface area (Å²) in [5.41, 5.74) is 2.26. The molecule has 4 heterocycles. The first-order chi connectivity index (χ1) is 14.6. The number of anilines is 1. The van der Waals surface area contributed by atoms with Crippen LogP contribution in [0.5, 0.6) is 0 Å². The van der Waals surface area contributed by atoms with Crippen molar-refractivity contribution in [3.05, 3.63) is 76.3 Å². The minimum Gasteiger partial charge on any atom is -0.465 e. The monoisotopic (exact) mass is 418 g/mol. The zero-order chi connectivity index (χ0) is 20.9. The molecule has 0 atom stereocenters. The van der Waals surface area contributed by atoms with Crippen LogP contribution in [0, 0.1) is 11.3 Å². The highest BCUT2D eigenvalue weighted by molar-refractivity contribution is 7.16. The number of hydrogen-bond acceptors (Lipinski definition) is 6. The summed E-state index contributed by atoms with van der Waals surface area (Å²) in [5.74, 6) is 0.248. The maximum Gasteiger partial charge on any atom is 0.249 e. The van der Waals surface area contributed by atoms with Crippen LogP contribution >= 0.6 is 11.3 Å². The number of rotatable bonds is 5. The number of pyridine rings is 1. The number of amides is 2. The lowest BCUT2D eigenvalue weighted by Crippen LogP contribution is -2.36. The van der Waals surface area contributed by atoms with Crippen molar-refractivity contribution in [2.75, 3.05) is 11.9 Å². The molecule has 3 aromatic heterocycles. The zero-order valence-corrected chi connectivity index (χ0v) is 16.8. The summed E-state index contributed by atoms with van der Waals surface area (Å²) in [6.45, 7) is 0.981. The molecule has 0 fully saturated rings. The summed E-state index contributed by atoms with van der Waals surface area (Å²) >= 11 is 1.35. The Labute approximate surface area is 177 Å². The fourth-order valence-corrected chi connectivity index (χ4v) is 4.53. The molecular formula is C22H18N4O3S. The molecule has 3 aromatic rings. The minimum atomic E-state index is -0.342. The van der Waals surface area contributed by atoms with E-state index in [0.717, 1.165) is 16.0 Å². The van der Waals surface area contributed by atoms with Gasteiger partial charge in [-0.05, 0) is 41.8 Å². The molecule has 0 bridgehead atoms. The minimum absolute atomic E-state index is 0.0209. The number of nitrogens with zero attached hydrogens (tertiary/aromatic N) is 3. The van der Waals surface area contributed by atoms with Gasteiger partial charge in [0.05, 0.1) is 24.8 Å². The highest BCUT2D eigenvalue weighted by Gasteiger charge is 2.27. The van der Waals surface area contributed by atoms with Crippen LogP contribution in [0.25, 0.3) is 6.08 Å². The van der Waals surface area contributed by atoms with Crippen molar-refractivity contribution in [2.24, 2.45) is 0 Å². The summed E-state index contributed by atoms with van der Waals surface area (Å²) in [6.07, 6.45) is 8.70. The van der Waals surface area contributed by atoms with E-state index in [1.54, 1.807) is 35.5 Å². The molecule has 0 aromatic carbocycles. The Balaban J connectivity index is 1.46. The number of nitriles is 1. The molecule has 0 aliphatic carbocycles. The van der Waals surface area contributed by atoms with Gasteiger partial charge >= 0.3 is 0 Å². The van der Waals surface area contributed by atoms with Crippen molar-refractivity contribution in [3.8, 4) is 6.07 Å². The normalized spacial score (nSPS) is 13.1. The Morgan fingerprint density at radius 2 is 2.27 bits per heavy atom. The Kier molecular flexibility index (Phi) is 5.72. The van der Waals surface area contributed by atoms with Crippen LogP contribution in [0.2, 0.25) is 0 Å². The van der Waals surface area contributed by atoms with E-state index in [4.69, 9.17) is 4.42 Å². The predicted molar refractivity (Wildman–Crippen MR) is 112 cm³/mol. The van der Waals surface area contributed by atoms with Crippen molar-refractivity contribution >= 4 is 34.2 Å². The Hall–Kier alpha value is -3.70. The van der Waals surface area contributed by atoms with Crippen LogP contribution in [0.15, 0.2) is 53.4 Å². The van der Waals surface area contributed by atoms with E-state index < -0.39 is 0 Å². The molecule has 7 nitrogen and oxygen atoms in total. The van der Waals surface area contributed by atoms with Crippen molar-refractivity contribution in [2.45, 2.75) is 19.4 Å². The first-order valence-electron chi connectivity index (χ1n) is 9.38. The number of nitrogens with one attached hydrogen (secondary N) is 1. The van der Waals surface area contributed by atoms with Crippen molar-refractivity contribution in [3.63, 3.8) is 0 Å². The third kappa shape index (κ3) is 4.31. The highest BCUT2D eigenvalue weighted by atomic mass is 32.1. The van der Waals surface area contributed by atoms with E-state index in [-0.39, 0.29) is 11.8 Å². The molecule has 1 aliphatic heterocycles. The molecule has 2 amide bonds. The maximum atomic E-state index is 12.7. The molecule has 0 radical (unpaired) electrons. The number of carbonyl (C=O) groups excluding carboxylic acids is 2. The topological polar surface area (TPSA) is 99.2 Å². The van der Waals surface area contributed by atoms with Gasteiger partial charge in [-0.15, -0.1) is 11.3 Å². The van der Waals surface area contributed by atoms with Gasteiger partial charge in [0, 0.05) is 29.9 Å². The van der Waals surface area contributed by atoms with E-state index in [1.165, 1.54) is 23.7 Å². The Morgan fingerprint density at radius 1 is 1.37 bits per heavy atom. The van der Waals surface area contributed by atoms with Gasteiger partial charge in [0.1, 0.15) is 16.8 Å². The van der Waals surface area contributed by atoms with Crippen molar-refractivity contribution in [1.82, 2.24) is 9.88 Å². The fourth-order valence-electron chi connectivity index (χ4n) is 3.31. The van der Waals surface area contributed by atoms with Crippen LogP contribution in [0.3, 0.4) is 0 Å². The van der Waals surface area contributed by atoms with Gasteiger partial charge in [0.25, 0.3) is 0 Å². The van der Waals surface area contributed by atoms with Crippen LogP contribution < -0.4 is 5.32 Å². The SMILES string of the molecule is N#Cc1c(NC(=O)/C=C/c2ccco2)sc2c1CCN(C(=O)Cc1cccnc1)C2. The Morgan fingerprint density at radius 3 is 3.00 bits per heavy atom. The predicted octanol–water partition coefficient (Wildman–Crippen LogP) is 3.39. The van der Waals surface area contributed by atoms with E-state index >= 15 is 0 Å². The van der Waals surface area contributed by atoms with Crippen molar-refractivity contribution < 1.29 is 14.0 Å². The number of fused-ring (bicyclic) bond motifs is 1. The smallest absolute Gasteiger partial charge is 0.249 e. The highest BCUT2D eigenvalue weighted by Crippen LogP contribution is 2.36. The number of aromatic nitrogens is 1. The average molecular weight is 418 g/mol. The number of hydrogen-bond donors (Lipinski definition) is 1. The van der Waals surface area contributed by atoms with Gasteiger partial charge < -0.3 is 14.6 Å². The van der Waals surface area contributed by atoms with E-state index in [0.29, 0.717) is 42.3 Å². The van der Waals surface area contributed by atoms with Gasteiger partial charge in [-0.1, -0.05) is 6.07 Å². The summed E-state index contributed by atoms with van der Waals surface area (Å²) < 4.78 is 5.16. The quantitative estimate of drug-likeness (QED) is 0.641. The van der Waals surface area contributed by atoms with Crippen LogP contribution in [-0.4, -0.2) is 28.2 Å². The fraction of sp³-hybridized carbons (Fsp3) is 0.182. The second-order valence-corrected chi connectivity index (χ2v) is 7.87. The van der Waals surface area contributed by atoms with E-state index in [9.17, 15) is 14.9 Å². The summed E-state index contributed by atoms with van der Waals surface area (Å²) in [5, 5.41) is 12.9. The van der Waals surface area contributed by atoms with E-state index in [1.807, 2.05) is 12.1 Å². The molecule has 1 N–H and O–H groups in total. The molecule has 0 saturated heterocycles. The van der Waals surface area contributed by atoms with E-state index in [2.05, 4.69) is 16.4 Å². The second-order valence-electron chi connectivity index (χ2n) is 6.76. The first kappa shape index (κ1) is 19.6. The van der Waals surface area contributed by atoms with Gasteiger partial charge in [-0.2, -0.15) is 5.26 Å². The summed E-state index contributed by atoms with van der Waals surface area (Å²) in [7, 11) is 0. The van der Waals surface area contributed by atoms with Gasteiger partial charge in [0.15, 0.2) is 0 Å². The summed E-state index contributed by atoms with van der Waals surface area (Å²) in [4.78, 5) is 31.7. The third-order valence-electron chi connectivity index (χ3n) is 4.78. The molecule has 0 spiro atoms. The number of carbonyl (C=O) groups is 2. The van der Waals surface area contributed by atoms with Crippen LogP contribution in [-0.2, 0) is 29.0 Å². The molecule has 1 aliphatic rings. The van der Waals surface area contributed by atoms with Crippen LogP contribution in [0.4, 0.5) is 5.00 Å². The molecular weight excluding hydrogens is 400 g/mol. The third-order valence-corrected chi connectivity index (χ3v) is 5.91. The van der Waals surface area contributed by atoms with Gasteiger partial charge in [-0.25, -0.2) is 0 Å². The molecule has 4 rings (SSSR count). The lowest BCUT2D eigenvalue weighted by molar-refractivity contribution is -0.131. The summed E-state index contributed by atoms with van der Waals surface area (Å²) in [6, 6.07) is 9.37. The lowest BCUT2D eigenvalue weighted by Gasteiger charge is -2.27. The lowest BCUT2D eigenvalue weighted by atomic mass is 10.0. The molecule has 150 valence electrons. The standard InChI is InChI=1S/C22H18N4O3S/c23-12-18-17-7-9-26(21(28)11-15-3-1-8-24-13-15)14-19(17)30-22(18)25-20(27)6-5-16-4-2-10-29-16/h1-6,8,10,13H,7,9,11,14H2,(H,25,27)/b6-5+. The van der Waals surface area contributed by atoms with Crippen molar-refractivity contribution in [1.29, 1.82) is 5.26 Å². The maximum absolute atomic E-state index is 12.7. The zero-order valence-electron chi connectivity index (χ0n) is 16.0. The van der Waals surface area contributed by atoms with Gasteiger partial charge in [-0.3, -0.25) is 14.6 Å². The average Bonchev–Trinajstić information content (AvgIpc) is 3.39. The first-order valence-corrected chi connectivity index (χ1v) is 10.2. The molecule has 0 saturated carbocycles. The Bertz CT molecular complexity index is 1130. The molecule has 30 heavy (non-hydrogen) atoms.